The summed E-state index contributed by atoms with van der Waals surface area (Å²) in [5.41, 5.74) is 9.56. The lowest BCUT2D eigenvalue weighted by molar-refractivity contribution is 0.458. The molecule has 4 aromatic carbocycles. The fourth-order valence-electron chi connectivity index (χ4n) is 3.45. The number of phenolic OH excluding ortho intramolecular Hbond substituents is 4. The van der Waals surface area contributed by atoms with Crippen LogP contribution in [0.25, 0.3) is 21.5 Å². The van der Waals surface area contributed by atoms with Crippen LogP contribution in [0.15, 0.2) is 57.2 Å². The van der Waals surface area contributed by atoms with Crippen molar-refractivity contribution in [3.05, 3.63) is 42.5 Å². The molecule has 0 bridgehead atoms. The highest BCUT2D eigenvalue weighted by atomic mass is 32.2. The lowest BCUT2D eigenvalue weighted by atomic mass is 10.1. The zero-order valence-electron chi connectivity index (χ0n) is 18.5. The van der Waals surface area contributed by atoms with Crippen LogP contribution >= 0.6 is 0 Å². The summed E-state index contributed by atoms with van der Waals surface area (Å²) in [6, 6.07) is 7.58. The molecule has 18 heteroatoms. The van der Waals surface area contributed by atoms with Crippen molar-refractivity contribution in [1.29, 1.82) is 0 Å². The van der Waals surface area contributed by atoms with Gasteiger partial charge in [0.25, 0.3) is 30.4 Å². The molecule has 0 radical (unpaired) electrons. The summed E-state index contributed by atoms with van der Waals surface area (Å²) in [5.74, 6) is -2.40. The average Bonchev–Trinajstić information content (AvgIpc) is 2.76. The third-order valence-electron chi connectivity index (χ3n) is 5.14. The van der Waals surface area contributed by atoms with Gasteiger partial charge in [-0.3, -0.25) is 13.7 Å². The summed E-state index contributed by atoms with van der Waals surface area (Å²) in [5, 5.41) is 38.5. The Labute approximate surface area is 214 Å². The van der Waals surface area contributed by atoms with Crippen molar-refractivity contribution in [3.8, 4) is 23.0 Å². The molecule has 0 heterocycles. The second-order valence-corrected chi connectivity index (χ2v) is 11.8. The summed E-state index contributed by atoms with van der Waals surface area (Å²) in [6.45, 7) is 0. The van der Waals surface area contributed by atoms with Gasteiger partial charge < -0.3 is 31.9 Å². The van der Waals surface area contributed by atoms with E-state index in [0.717, 1.165) is 18.2 Å². The zero-order chi connectivity index (χ0) is 29.0. The number of hydrogen-bond donors (Lipinski definition) is 9. The standard InChI is InChI=1S/C10H9NO8S2.C10H9NO5S/c11-9-7(21(17,18)19)2-4-1-5(20(14,15)16)3-6(12)8(4)10(9)13;11-9-7(17(14,15)16)4-5-2-1-3-6(12)8(5)10(9)13/h1-3,12-13H,11H2,(H,14,15,16)(H,17,18,19);1-4,12-13H,11H2,(H,14,15,16). The molecule has 0 saturated heterocycles. The maximum absolute atomic E-state index is 11.2. The normalized spacial score (nSPS) is 12.3. The van der Waals surface area contributed by atoms with Crippen molar-refractivity contribution in [2.75, 3.05) is 11.5 Å². The summed E-state index contributed by atoms with van der Waals surface area (Å²) in [6.07, 6.45) is 0. The van der Waals surface area contributed by atoms with Crippen LogP contribution in [0.5, 0.6) is 23.0 Å². The molecular formula is C20H18N2O13S3. The average molecular weight is 591 g/mol. The Morgan fingerprint density at radius 3 is 1.45 bits per heavy atom. The molecule has 4 rings (SSSR count). The van der Waals surface area contributed by atoms with Crippen molar-refractivity contribution in [2.45, 2.75) is 14.7 Å². The van der Waals surface area contributed by atoms with Gasteiger partial charge in [0.1, 0.15) is 21.3 Å². The Hall–Kier alpha value is -4.07. The lowest BCUT2D eigenvalue weighted by Gasteiger charge is -2.11. The molecule has 0 amide bonds. The molecule has 38 heavy (non-hydrogen) atoms. The quantitative estimate of drug-likeness (QED) is 0.0925. The number of nitrogens with two attached hydrogens (primary N) is 2. The Morgan fingerprint density at radius 2 is 1.00 bits per heavy atom. The topological polar surface area (TPSA) is 296 Å². The first-order chi connectivity index (χ1) is 17.2. The summed E-state index contributed by atoms with van der Waals surface area (Å²) < 4.78 is 93.4. The fourth-order valence-corrected chi connectivity index (χ4v) is 5.28. The van der Waals surface area contributed by atoms with E-state index < -0.39 is 73.7 Å². The molecule has 0 aliphatic heterocycles. The molecule has 11 N–H and O–H groups in total. The van der Waals surface area contributed by atoms with Gasteiger partial charge in [0.05, 0.1) is 27.0 Å². The van der Waals surface area contributed by atoms with E-state index in [2.05, 4.69) is 0 Å². The largest absolute Gasteiger partial charge is 0.507 e. The molecule has 204 valence electrons. The second kappa shape index (κ2) is 9.35. The minimum absolute atomic E-state index is 0.0393. The molecule has 0 aliphatic carbocycles. The first kappa shape index (κ1) is 28.5. The van der Waals surface area contributed by atoms with E-state index in [1.54, 1.807) is 0 Å². The minimum Gasteiger partial charge on any atom is -0.507 e. The summed E-state index contributed by atoms with van der Waals surface area (Å²) in [7, 11) is -14.0. The SMILES string of the molecule is Nc1c(S(=O)(=O)O)cc2cc(S(=O)(=O)O)cc(O)c2c1O.Nc1c(S(=O)(=O)O)cc2cccc(O)c2c1O. The van der Waals surface area contributed by atoms with Gasteiger partial charge in [0.2, 0.25) is 0 Å². The van der Waals surface area contributed by atoms with Crippen molar-refractivity contribution >= 4 is 63.3 Å². The van der Waals surface area contributed by atoms with Crippen LogP contribution in [0.2, 0.25) is 0 Å². The molecule has 0 spiro atoms. The number of anilines is 2. The van der Waals surface area contributed by atoms with Gasteiger partial charge in [-0.05, 0) is 35.0 Å². The number of aromatic hydroxyl groups is 4. The molecule has 0 saturated carbocycles. The van der Waals surface area contributed by atoms with Crippen molar-refractivity contribution in [2.24, 2.45) is 0 Å². The number of phenols is 4. The smallest absolute Gasteiger partial charge is 0.296 e. The third-order valence-corrected chi connectivity index (χ3v) is 7.76. The number of rotatable bonds is 3. The molecule has 15 nitrogen and oxygen atoms in total. The maximum atomic E-state index is 11.2. The highest BCUT2D eigenvalue weighted by molar-refractivity contribution is 7.86. The predicted molar refractivity (Wildman–Crippen MR) is 133 cm³/mol. The molecule has 0 atom stereocenters. The molecule has 0 fully saturated rings. The van der Waals surface area contributed by atoms with Crippen molar-refractivity contribution in [1.82, 2.24) is 0 Å². The van der Waals surface area contributed by atoms with E-state index in [4.69, 9.17) is 25.1 Å². The Balaban J connectivity index is 0.000000215. The third kappa shape index (κ3) is 5.30. The van der Waals surface area contributed by atoms with Crippen LogP contribution in [0.1, 0.15) is 0 Å². The van der Waals surface area contributed by atoms with Crippen LogP contribution in [-0.4, -0.2) is 59.3 Å². The van der Waals surface area contributed by atoms with Crippen LogP contribution in [0, 0.1) is 0 Å². The van der Waals surface area contributed by atoms with Crippen molar-refractivity contribution in [3.63, 3.8) is 0 Å². The fraction of sp³-hybridized carbons (Fsp3) is 0. The van der Waals surface area contributed by atoms with Crippen molar-refractivity contribution < 1.29 is 59.3 Å². The van der Waals surface area contributed by atoms with Gasteiger partial charge in [-0.2, -0.15) is 25.3 Å². The molecule has 0 aliphatic rings. The number of fused-ring (bicyclic) bond motifs is 2. The molecule has 0 aromatic heterocycles. The molecule has 0 unspecified atom stereocenters. The van der Waals surface area contributed by atoms with Crippen LogP contribution in [-0.2, 0) is 30.4 Å². The van der Waals surface area contributed by atoms with Crippen LogP contribution in [0.4, 0.5) is 11.4 Å². The highest BCUT2D eigenvalue weighted by Gasteiger charge is 2.23. The summed E-state index contributed by atoms with van der Waals surface area (Å²) >= 11 is 0. The van der Waals surface area contributed by atoms with Crippen LogP contribution in [0.3, 0.4) is 0 Å². The van der Waals surface area contributed by atoms with E-state index in [9.17, 15) is 45.7 Å². The predicted octanol–water partition coefficient (Wildman–Crippen LogP) is 1.41. The van der Waals surface area contributed by atoms with E-state index in [1.165, 1.54) is 18.2 Å². The van der Waals surface area contributed by atoms with Gasteiger partial charge in [-0.1, -0.05) is 12.1 Å². The number of hydrogen-bond acceptors (Lipinski definition) is 12. The van der Waals surface area contributed by atoms with E-state index in [0.29, 0.717) is 6.07 Å². The zero-order valence-corrected chi connectivity index (χ0v) is 21.0. The second-order valence-electron chi connectivity index (χ2n) is 7.61. The highest BCUT2D eigenvalue weighted by Crippen LogP contribution is 2.42. The maximum Gasteiger partial charge on any atom is 0.296 e. The lowest BCUT2D eigenvalue weighted by Crippen LogP contribution is -2.04. The minimum atomic E-state index is -4.79. The molecular weight excluding hydrogens is 572 g/mol. The van der Waals surface area contributed by atoms with Gasteiger partial charge >= 0.3 is 0 Å². The monoisotopic (exact) mass is 590 g/mol. The Bertz CT molecular complexity index is 1950. The van der Waals surface area contributed by atoms with E-state index in [1.807, 2.05) is 0 Å². The van der Waals surface area contributed by atoms with Gasteiger partial charge in [-0.15, -0.1) is 0 Å². The first-order valence-electron chi connectivity index (χ1n) is 9.69. The molecule has 4 aromatic rings. The number of benzene rings is 4. The van der Waals surface area contributed by atoms with E-state index >= 15 is 0 Å². The van der Waals surface area contributed by atoms with Gasteiger partial charge in [0.15, 0.2) is 11.5 Å². The van der Waals surface area contributed by atoms with Crippen LogP contribution < -0.4 is 11.5 Å². The van der Waals surface area contributed by atoms with Gasteiger partial charge in [-0.25, -0.2) is 0 Å². The number of nitrogen functional groups attached to an aromatic ring is 2. The Morgan fingerprint density at radius 1 is 0.553 bits per heavy atom. The Kier molecular flexibility index (Phi) is 7.01. The van der Waals surface area contributed by atoms with E-state index in [-0.39, 0.29) is 27.3 Å². The first-order valence-corrected chi connectivity index (χ1v) is 14.0. The van der Waals surface area contributed by atoms with Gasteiger partial charge in [0, 0.05) is 6.07 Å². The summed E-state index contributed by atoms with van der Waals surface area (Å²) in [4.78, 5) is -2.18.